The first-order valence-electron chi connectivity index (χ1n) is 6.15. The Labute approximate surface area is 94.9 Å². The van der Waals surface area contributed by atoms with Gasteiger partial charge in [-0.05, 0) is 25.8 Å². The van der Waals surface area contributed by atoms with Gasteiger partial charge in [0.25, 0.3) is 0 Å². The second-order valence-corrected chi connectivity index (χ2v) is 4.80. The van der Waals surface area contributed by atoms with Crippen molar-refractivity contribution < 1.29 is 5.11 Å². The molecule has 0 aliphatic carbocycles. The molecule has 1 fully saturated rings. The third-order valence-electron chi connectivity index (χ3n) is 3.52. The molecule has 1 saturated heterocycles. The molecule has 2 aliphatic heterocycles. The fourth-order valence-corrected chi connectivity index (χ4v) is 2.55. The predicted octanol–water partition coefficient (Wildman–Crippen LogP) is 0.0522. The summed E-state index contributed by atoms with van der Waals surface area (Å²) in [5, 5.41) is 17.5. The molecule has 0 aromatic carbocycles. The lowest BCUT2D eigenvalue weighted by molar-refractivity contribution is 0.138. The fraction of sp³-hybridized carbons (Fsp3) is 0.818. The van der Waals surface area contributed by atoms with Crippen LogP contribution in [0.5, 0.6) is 0 Å². The van der Waals surface area contributed by atoms with E-state index in [4.69, 9.17) is 0 Å². The van der Waals surface area contributed by atoms with Crippen molar-refractivity contribution in [1.29, 1.82) is 0 Å². The first-order valence-corrected chi connectivity index (χ1v) is 6.15. The average molecular weight is 222 g/mol. The molecule has 5 heteroatoms. The molecule has 2 aliphatic rings. The van der Waals surface area contributed by atoms with E-state index in [9.17, 15) is 5.11 Å². The van der Waals surface area contributed by atoms with Crippen LogP contribution in [0.15, 0.2) is 0 Å². The number of rotatable bonds is 1. The number of piperidine rings is 1. The van der Waals surface area contributed by atoms with Gasteiger partial charge in [-0.15, -0.1) is 0 Å². The summed E-state index contributed by atoms with van der Waals surface area (Å²) in [6.07, 6.45) is 3.62. The number of hydrogen-bond donors (Lipinski definition) is 2. The first-order chi connectivity index (χ1) is 7.83. The molecule has 5 nitrogen and oxygen atoms in total. The summed E-state index contributed by atoms with van der Waals surface area (Å²) in [6.45, 7) is 2.92. The van der Waals surface area contributed by atoms with Crippen molar-refractivity contribution in [3.63, 3.8) is 0 Å². The van der Waals surface area contributed by atoms with Crippen LogP contribution in [-0.2, 0) is 13.0 Å². The van der Waals surface area contributed by atoms with Crippen molar-refractivity contribution in [2.75, 3.05) is 13.1 Å². The normalized spacial score (nSPS) is 30.1. The Morgan fingerprint density at radius 2 is 2.31 bits per heavy atom. The van der Waals surface area contributed by atoms with E-state index in [-0.39, 0.29) is 6.10 Å². The zero-order valence-corrected chi connectivity index (χ0v) is 9.39. The van der Waals surface area contributed by atoms with Crippen molar-refractivity contribution >= 4 is 0 Å². The molecular weight excluding hydrogens is 204 g/mol. The summed E-state index contributed by atoms with van der Waals surface area (Å²) in [6, 6.07) is 0. The maximum absolute atomic E-state index is 9.58. The van der Waals surface area contributed by atoms with Crippen LogP contribution in [0.4, 0.5) is 0 Å². The number of nitrogens with one attached hydrogen (secondary N) is 1. The SMILES string of the molecule is OC1CCn2nc(C3CCCNC3)nc2C1. The molecule has 3 heterocycles. The maximum Gasteiger partial charge on any atom is 0.155 e. The van der Waals surface area contributed by atoms with Gasteiger partial charge in [0.2, 0.25) is 0 Å². The van der Waals surface area contributed by atoms with Gasteiger partial charge >= 0.3 is 0 Å². The molecular formula is C11H18N4O. The van der Waals surface area contributed by atoms with Gasteiger partial charge in [0, 0.05) is 25.4 Å². The molecule has 0 amide bonds. The van der Waals surface area contributed by atoms with E-state index in [1.165, 1.54) is 12.8 Å². The lowest BCUT2D eigenvalue weighted by Gasteiger charge is -2.19. The second kappa shape index (κ2) is 4.14. The van der Waals surface area contributed by atoms with Crippen LogP contribution in [0.2, 0.25) is 0 Å². The van der Waals surface area contributed by atoms with E-state index in [2.05, 4.69) is 15.4 Å². The minimum absolute atomic E-state index is 0.228. The molecule has 0 saturated carbocycles. The summed E-state index contributed by atoms with van der Waals surface area (Å²) in [7, 11) is 0. The quantitative estimate of drug-likeness (QED) is 0.705. The smallest absolute Gasteiger partial charge is 0.155 e. The Hall–Kier alpha value is -0.940. The average Bonchev–Trinajstić information content (AvgIpc) is 2.73. The van der Waals surface area contributed by atoms with E-state index >= 15 is 0 Å². The summed E-state index contributed by atoms with van der Waals surface area (Å²) in [4.78, 5) is 4.58. The minimum atomic E-state index is -0.228. The molecule has 0 radical (unpaired) electrons. The van der Waals surface area contributed by atoms with Gasteiger partial charge in [-0.2, -0.15) is 5.10 Å². The summed E-state index contributed by atoms with van der Waals surface area (Å²) in [5.74, 6) is 2.39. The Kier molecular flexibility index (Phi) is 2.65. The van der Waals surface area contributed by atoms with Gasteiger partial charge in [-0.1, -0.05) is 0 Å². The standard InChI is InChI=1S/C11H18N4O/c16-9-3-5-15-10(6-9)13-11(14-15)8-2-1-4-12-7-8/h8-9,12,16H,1-7H2. The van der Waals surface area contributed by atoms with Gasteiger partial charge in [-0.3, -0.25) is 0 Å². The molecule has 0 bridgehead atoms. The first kappa shape index (κ1) is 10.2. The lowest BCUT2D eigenvalue weighted by Crippen LogP contribution is -2.29. The molecule has 2 N–H and O–H groups in total. The van der Waals surface area contributed by atoms with Crippen LogP contribution in [0.3, 0.4) is 0 Å². The summed E-state index contributed by atoms with van der Waals surface area (Å²) in [5.41, 5.74) is 0. The van der Waals surface area contributed by atoms with Crippen LogP contribution in [0, 0.1) is 0 Å². The molecule has 16 heavy (non-hydrogen) atoms. The number of fused-ring (bicyclic) bond motifs is 1. The Bertz CT molecular complexity index is 370. The third kappa shape index (κ3) is 1.85. The predicted molar refractivity (Wildman–Crippen MR) is 59.2 cm³/mol. The van der Waals surface area contributed by atoms with Crippen molar-refractivity contribution in [3.05, 3.63) is 11.6 Å². The highest BCUT2D eigenvalue weighted by molar-refractivity contribution is 5.04. The van der Waals surface area contributed by atoms with Crippen LogP contribution in [0.1, 0.15) is 36.8 Å². The van der Waals surface area contributed by atoms with Crippen molar-refractivity contribution in [2.45, 2.75) is 44.2 Å². The van der Waals surface area contributed by atoms with Crippen LogP contribution >= 0.6 is 0 Å². The Morgan fingerprint density at radius 3 is 3.12 bits per heavy atom. The van der Waals surface area contributed by atoms with E-state index in [0.717, 1.165) is 37.7 Å². The Morgan fingerprint density at radius 1 is 1.38 bits per heavy atom. The van der Waals surface area contributed by atoms with Gasteiger partial charge in [-0.25, -0.2) is 9.67 Å². The fourth-order valence-electron chi connectivity index (χ4n) is 2.55. The number of aliphatic hydroxyl groups is 1. The molecule has 0 spiro atoms. The number of aryl methyl sites for hydroxylation is 1. The van der Waals surface area contributed by atoms with Gasteiger partial charge in [0.1, 0.15) is 5.82 Å². The Balaban J connectivity index is 1.80. The van der Waals surface area contributed by atoms with Crippen LogP contribution in [-0.4, -0.2) is 39.1 Å². The number of aliphatic hydroxyl groups excluding tert-OH is 1. The molecule has 3 rings (SSSR count). The molecule has 88 valence electrons. The third-order valence-corrected chi connectivity index (χ3v) is 3.52. The molecule has 1 aromatic rings. The molecule has 2 unspecified atom stereocenters. The van der Waals surface area contributed by atoms with Gasteiger partial charge in [0.05, 0.1) is 6.10 Å². The van der Waals surface area contributed by atoms with Crippen molar-refractivity contribution in [1.82, 2.24) is 20.1 Å². The zero-order chi connectivity index (χ0) is 11.0. The van der Waals surface area contributed by atoms with Crippen LogP contribution in [0.25, 0.3) is 0 Å². The van der Waals surface area contributed by atoms with Gasteiger partial charge < -0.3 is 10.4 Å². The largest absolute Gasteiger partial charge is 0.393 e. The number of hydrogen-bond acceptors (Lipinski definition) is 4. The maximum atomic E-state index is 9.58. The number of aromatic nitrogens is 3. The molecule has 1 aromatic heterocycles. The van der Waals surface area contributed by atoms with E-state index < -0.39 is 0 Å². The number of nitrogens with zero attached hydrogens (tertiary/aromatic N) is 3. The highest BCUT2D eigenvalue weighted by Gasteiger charge is 2.24. The van der Waals surface area contributed by atoms with Crippen LogP contribution < -0.4 is 5.32 Å². The van der Waals surface area contributed by atoms with E-state index in [1.54, 1.807) is 0 Å². The van der Waals surface area contributed by atoms with E-state index in [0.29, 0.717) is 12.3 Å². The zero-order valence-electron chi connectivity index (χ0n) is 9.39. The van der Waals surface area contributed by atoms with Gasteiger partial charge in [0.15, 0.2) is 5.82 Å². The van der Waals surface area contributed by atoms with Crippen molar-refractivity contribution in [2.24, 2.45) is 0 Å². The monoisotopic (exact) mass is 222 g/mol. The van der Waals surface area contributed by atoms with E-state index in [1.807, 2.05) is 4.68 Å². The summed E-state index contributed by atoms with van der Waals surface area (Å²) >= 11 is 0. The highest BCUT2D eigenvalue weighted by atomic mass is 16.3. The second-order valence-electron chi connectivity index (χ2n) is 4.80. The van der Waals surface area contributed by atoms with Crippen molar-refractivity contribution in [3.8, 4) is 0 Å². The molecule has 2 atom stereocenters. The topological polar surface area (TPSA) is 63.0 Å². The lowest BCUT2D eigenvalue weighted by atomic mass is 9.99. The highest BCUT2D eigenvalue weighted by Crippen LogP contribution is 2.22. The summed E-state index contributed by atoms with van der Waals surface area (Å²) < 4.78 is 1.97. The minimum Gasteiger partial charge on any atom is -0.393 e.